The summed E-state index contributed by atoms with van der Waals surface area (Å²) in [4.78, 5) is 13.2. The molecule has 3 saturated carbocycles. The summed E-state index contributed by atoms with van der Waals surface area (Å²) in [5, 5.41) is 14.4. The fraction of sp³-hybridized carbons (Fsp3) is 0.400. The van der Waals surface area contributed by atoms with E-state index in [1.807, 2.05) is 54.6 Å². The molecule has 0 radical (unpaired) electrons. The summed E-state index contributed by atoms with van der Waals surface area (Å²) in [5.41, 5.74) is 1.91. The average molecular weight is 417 g/mol. The van der Waals surface area contributed by atoms with Crippen molar-refractivity contribution in [3.8, 4) is 22.8 Å². The second-order valence-electron chi connectivity index (χ2n) is 9.47. The Balaban J connectivity index is 1.38. The van der Waals surface area contributed by atoms with Gasteiger partial charge >= 0.3 is 0 Å². The number of nitrogens with one attached hydrogen (secondary N) is 2. The third-order valence-corrected chi connectivity index (χ3v) is 7.55. The molecule has 1 heterocycles. The van der Waals surface area contributed by atoms with E-state index in [0.29, 0.717) is 40.3 Å². The second-order valence-corrected chi connectivity index (χ2v) is 9.47. The molecule has 3 fully saturated rings. The van der Waals surface area contributed by atoms with Crippen molar-refractivity contribution in [2.45, 2.75) is 39.7 Å². The molecule has 2 bridgehead atoms. The highest BCUT2D eigenvalue weighted by molar-refractivity contribution is 5.98. The minimum Gasteiger partial charge on any atom is -0.457 e. The number of fused-ring (bicyclic) bond motifs is 2. The molecule has 0 unspecified atom stereocenters. The van der Waals surface area contributed by atoms with Crippen LogP contribution in [0.4, 0.5) is 0 Å². The lowest BCUT2D eigenvalue weighted by atomic mass is 9.45. The zero-order chi connectivity index (χ0) is 21.6. The molecule has 0 aliphatic heterocycles. The minimum absolute atomic E-state index is 0.171. The van der Waals surface area contributed by atoms with Gasteiger partial charge in [0.1, 0.15) is 17.2 Å². The number of H-pyrrole nitrogens is 1. The molecule has 160 valence electrons. The van der Waals surface area contributed by atoms with E-state index in [9.17, 15) is 4.79 Å². The maximum atomic E-state index is 13.2. The molecule has 6 rings (SSSR count). The van der Waals surface area contributed by atoms with Gasteiger partial charge in [-0.05, 0) is 60.3 Å². The van der Waals surface area contributed by atoms with Crippen LogP contribution in [0.25, 0.3) is 11.3 Å². The lowest BCUT2D eigenvalue weighted by Gasteiger charge is -2.62. The zero-order valence-corrected chi connectivity index (χ0v) is 18.1. The quantitative estimate of drug-likeness (QED) is 0.609. The van der Waals surface area contributed by atoms with Gasteiger partial charge in [0, 0.05) is 11.6 Å². The molecule has 31 heavy (non-hydrogen) atoms. The van der Waals surface area contributed by atoms with Crippen LogP contribution >= 0.6 is 0 Å². The Morgan fingerprint density at radius 1 is 1.06 bits per heavy atom. The SMILES string of the molecule is C[C@@H]1[C@H]2C[C@H](C[C@H]1NC(=O)c1n[nH]nc1-c1ccccc1Oc1ccccc1)C2(C)C. The summed E-state index contributed by atoms with van der Waals surface area (Å²) in [6.45, 7) is 6.99. The average Bonchev–Trinajstić information content (AvgIpc) is 3.26. The van der Waals surface area contributed by atoms with Crippen molar-refractivity contribution < 1.29 is 9.53 Å². The van der Waals surface area contributed by atoms with Crippen LogP contribution in [0.2, 0.25) is 0 Å². The number of aromatic amines is 1. The first-order chi connectivity index (χ1) is 14.9. The number of para-hydroxylation sites is 2. The third-order valence-electron chi connectivity index (χ3n) is 7.55. The molecule has 6 heteroatoms. The van der Waals surface area contributed by atoms with Gasteiger partial charge in [-0.1, -0.05) is 51.1 Å². The van der Waals surface area contributed by atoms with Crippen LogP contribution in [-0.4, -0.2) is 27.4 Å². The van der Waals surface area contributed by atoms with Crippen molar-refractivity contribution in [2.75, 3.05) is 0 Å². The highest BCUT2D eigenvalue weighted by Crippen LogP contribution is 2.61. The van der Waals surface area contributed by atoms with Crippen molar-refractivity contribution in [3.63, 3.8) is 0 Å². The Morgan fingerprint density at radius 2 is 1.81 bits per heavy atom. The summed E-state index contributed by atoms with van der Waals surface area (Å²) >= 11 is 0. The molecular formula is C25H28N4O2. The smallest absolute Gasteiger partial charge is 0.274 e. The lowest BCUT2D eigenvalue weighted by molar-refractivity contribution is -0.113. The largest absolute Gasteiger partial charge is 0.457 e. The van der Waals surface area contributed by atoms with Crippen LogP contribution < -0.4 is 10.1 Å². The van der Waals surface area contributed by atoms with Crippen LogP contribution in [0.15, 0.2) is 54.6 Å². The second kappa shape index (κ2) is 7.52. The Labute approximate surface area is 182 Å². The molecule has 3 aliphatic rings. The van der Waals surface area contributed by atoms with Crippen LogP contribution in [0, 0.1) is 23.2 Å². The van der Waals surface area contributed by atoms with Crippen LogP contribution in [-0.2, 0) is 0 Å². The Kier molecular flexibility index (Phi) is 4.80. The van der Waals surface area contributed by atoms with Gasteiger partial charge in [-0.15, -0.1) is 0 Å². The van der Waals surface area contributed by atoms with E-state index < -0.39 is 0 Å². The van der Waals surface area contributed by atoms with Crippen LogP contribution in [0.3, 0.4) is 0 Å². The summed E-state index contributed by atoms with van der Waals surface area (Å²) < 4.78 is 6.06. The third kappa shape index (κ3) is 3.40. The molecule has 1 aromatic heterocycles. The first-order valence-corrected chi connectivity index (χ1v) is 11.0. The van der Waals surface area contributed by atoms with Gasteiger partial charge in [0.25, 0.3) is 5.91 Å². The van der Waals surface area contributed by atoms with E-state index in [1.165, 1.54) is 6.42 Å². The number of nitrogens with zero attached hydrogens (tertiary/aromatic N) is 2. The molecule has 3 aliphatic carbocycles. The molecule has 2 aromatic carbocycles. The van der Waals surface area contributed by atoms with E-state index in [0.717, 1.165) is 17.7 Å². The van der Waals surface area contributed by atoms with Crippen molar-refractivity contribution in [2.24, 2.45) is 23.2 Å². The van der Waals surface area contributed by atoms with Gasteiger partial charge in [-0.25, -0.2) is 0 Å². The molecule has 6 nitrogen and oxygen atoms in total. The lowest BCUT2D eigenvalue weighted by Crippen LogP contribution is -2.60. The Morgan fingerprint density at radius 3 is 2.55 bits per heavy atom. The summed E-state index contributed by atoms with van der Waals surface area (Å²) in [6, 6.07) is 17.3. The summed E-state index contributed by atoms with van der Waals surface area (Å²) in [5.74, 6) is 2.96. The number of rotatable bonds is 5. The van der Waals surface area contributed by atoms with E-state index in [2.05, 4.69) is 41.5 Å². The summed E-state index contributed by atoms with van der Waals surface area (Å²) in [6.07, 6.45) is 2.30. The molecule has 4 atom stereocenters. The monoisotopic (exact) mass is 416 g/mol. The van der Waals surface area contributed by atoms with Crippen LogP contribution in [0.1, 0.15) is 44.1 Å². The number of ether oxygens (including phenoxy) is 1. The maximum Gasteiger partial charge on any atom is 0.274 e. The molecular weight excluding hydrogens is 388 g/mol. The van der Waals surface area contributed by atoms with Crippen molar-refractivity contribution in [3.05, 3.63) is 60.3 Å². The number of hydrogen-bond acceptors (Lipinski definition) is 4. The molecule has 1 amide bonds. The minimum atomic E-state index is -0.186. The van der Waals surface area contributed by atoms with Crippen molar-refractivity contribution >= 4 is 5.91 Å². The van der Waals surface area contributed by atoms with E-state index >= 15 is 0 Å². The van der Waals surface area contributed by atoms with Gasteiger partial charge in [0.2, 0.25) is 0 Å². The predicted molar refractivity (Wildman–Crippen MR) is 119 cm³/mol. The van der Waals surface area contributed by atoms with Crippen molar-refractivity contribution in [1.82, 2.24) is 20.7 Å². The molecule has 0 spiro atoms. The molecule has 2 N–H and O–H groups in total. The fourth-order valence-corrected chi connectivity index (χ4v) is 5.52. The topological polar surface area (TPSA) is 79.9 Å². The number of carbonyl (C=O) groups excluding carboxylic acids is 1. The van der Waals surface area contributed by atoms with E-state index in [1.54, 1.807) is 0 Å². The van der Waals surface area contributed by atoms with Gasteiger partial charge in [0.15, 0.2) is 5.69 Å². The number of amides is 1. The van der Waals surface area contributed by atoms with E-state index in [4.69, 9.17) is 4.74 Å². The first-order valence-electron chi connectivity index (χ1n) is 11.0. The Hall–Kier alpha value is -3.15. The molecule has 3 aromatic rings. The van der Waals surface area contributed by atoms with Gasteiger partial charge in [-0.3, -0.25) is 4.79 Å². The van der Waals surface area contributed by atoms with Gasteiger partial charge in [0.05, 0.1) is 0 Å². The fourth-order valence-electron chi connectivity index (χ4n) is 5.52. The number of hydrogen-bond donors (Lipinski definition) is 2. The highest BCUT2D eigenvalue weighted by Gasteiger charge is 2.56. The zero-order valence-electron chi connectivity index (χ0n) is 18.1. The van der Waals surface area contributed by atoms with Gasteiger partial charge < -0.3 is 10.1 Å². The molecule has 0 saturated heterocycles. The normalized spacial score (nSPS) is 26.0. The van der Waals surface area contributed by atoms with Crippen LogP contribution in [0.5, 0.6) is 11.5 Å². The summed E-state index contributed by atoms with van der Waals surface area (Å²) in [7, 11) is 0. The Bertz CT molecular complexity index is 1090. The highest BCUT2D eigenvalue weighted by atomic mass is 16.5. The van der Waals surface area contributed by atoms with E-state index in [-0.39, 0.29) is 11.9 Å². The first kappa shape index (κ1) is 19.8. The van der Waals surface area contributed by atoms with Crippen molar-refractivity contribution in [1.29, 1.82) is 0 Å². The predicted octanol–water partition coefficient (Wildman–Crippen LogP) is 5.06. The number of benzene rings is 2. The maximum absolute atomic E-state index is 13.2. The number of aromatic nitrogens is 3. The number of carbonyl (C=O) groups is 1. The standard InChI is InChI=1S/C25H28N4O2/c1-15-19-13-16(25(19,2)3)14-20(15)26-24(30)23-22(27-29-28-23)18-11-7-8-12-21(18)31-17-9-5-4-6-10-17/h4-12,15-16,19-20H,13-14H2,1-3H3,(H,26,30)(H,27,28,29)/t15-,16-,19-,20-/m1/s1. The van der Waals surface area contributed by atoms with Gasteiger partial charge in [-0.2, -0.15) is 15.4 Å².